The van der Waals surface area contributed by atoms with Gasteiger partial charge in [-0.15, -0.1) is 0 Å². The van der Waals surface area contributed by atoms with Crippen LogP contribution >= 0.6 is 0 Å². The van der Waals surface area contributed by atoms with Crippen molar-refractivity contribution in [2.75, 3.05) is 18.0 Å². The van der Waals surface area contributed by atoms with Gasteiger partial charge in [0, 0.05) is 6.54 Å². The van der Waals surface area contributed by atoms with Gasteiger partial charge in [0.05, 0.1) is 11.3 Å². The lowest BCUT2D eigenvalue weighted by Gasteiger charge is -2.16. The van der Waals surface area contributed by atoms with Crippen LogP contribution in [0.15, 0.2) is 18.2 Å². The number of ketones is 1. The van der Waals surface area contributed by atoms with Gasteiger partial charge in [-0.05, 0) is 37.0 Å². The van der Waals surface area contributed by atoms with Gasteiger partial charge < -0.3 is 5.32 Å². The Hall–Kier alpha value is -2.24. The van der Waals surface area contributed by atoms with Crippen molar-refractivity contribution in [2.45, 2.75) is 12.8 Å². The molecule has 1 N–H and O–H groups in total. The van der Waals surface area contributed by atoms with Crippen molar-refractivity contribution in [3.63, 3.8) is 0 Å². The number of hydrogen-bond acceptors (Lipinski definition) is 3. The number of Topliss-reactive ketones (excluding diaryl/α,β-unsaturated/α-hetero) is 1. The molecule has 3 rings (SSSR count). The van der Waals surface area contributed by atoms with Gasteiger partial charge >= 0.3 is 0 Å². The van der Waals surface area contributed by atoms with Crippen molar-refractivity contribution in [1.82, 2.24) is 5.32 Å². The number of fused-ring (bicyclic) bond motifs is 1. The molecular weight excluding hydrogens is 263 g/mol. The molecule has 0 unspecified atom stereocenters. The van der Waals surface area contributed by atoms with Crippen LogP contribution in [0.2, 0.25) is 0 Å². The fourth-order valence-corrected chi connectivity index (χ4v) is 2.20. The van der Waals surface area contributed by atoms with E-state index in [1.165, 1.54) is 6.07 Å². The van der Waals surface area contributed by atoms with E-state index in [2.05, 4.69) is 5.32 Å². The zero-order chi connectivity index (χ0) is 14.3. The zero-order valence-electron chi connectivity index (χ0n) is 10.7. The lowest BCUT2D eigenvalue weighted by atomic mass is 10.1. The molecule has 2 amide bonds. The van der Waals surface area contributed by atoms with E-state index in [0.29, 0.717) is 12.5 Å². The number of halogens is 1. The Labute approximate surface area is 114 Å². The van der Waals surface area contributed by atoms with Gasteiger partial charge in [0.2, 0.25) is 5.91 Å². The van der Waals surface area contributed by atoms with Crippen LogP contribution in [0.4, 0.5) is 10.1 Å². The van der Waals surface area contributed by atoms with Crippen molar-refractivity contribution in [3.05, 3.63) is 29.6 Å². The quantitative estimate of drug-likeness (QED) is 0.830. The normalized spacial score (nSPS) is 17.4. The van der Waals surface area contributed by atoms with E-state index >= 15 is 0 Å². The Bertz CT molecular complexity index is 610. The van der Waals surface area contributed by atoms with Gasteiger partial charge in [-0.2, -0.15) is 0 Å². The third-order valence-corrected chi connectivity index (χ3v) is 3.52. The summed E-state index contributed by atoms with van der Waals surface area (Å²) < 4.78 is 13.2. The first-order valence-corrected chi connectivity index (χ1v) is 6.48. The summed E-state index contributed by atoms with van der Waals surface area (Å²) in [7, 11) is 0. The summed E-state index contributed by atoms with van der Waals surface area (Å²) in [5.41, 5.74) is 0.313. The highest BCUT2D eigenvalue weighted by Gasteiger charge is 2.37. The first-order valence-electron chi connectivity index (χ1n) is 6.48. The highest BCUT2D eigenvalue weighted by atomic mass is 19.1. The summed E-state index contributed by atoms with van der Waals surface area (Å²) in [4.78, 5) is 36.4. The van der Waals surface area contributed by atoms with Crippen molar-refractivity contribution < 1.29 is 18.8 Å². The summed E-state index contributed by atoms with van der Waals surface area (Å²) >= 11 is 0. The van der Waals surface area contributed by atoms with Crippen LogP contribution in [0.3, 0.4) is 0 Å². The molecule has 1 aromatic carbocycles. The number of nitrogens with zero attached hydrogens (tertiary/aromatic N) is 1. The molecule has 1 aliphatic carbocycles. The van der Waals surface area contributed by atoms with Crippen LogP contribution in [0.25, 0.3) is 0 Å². The fraction of sp³-hybridized carbons (Fsp3) is 0.357. The first-order chi connectivity index (χ1) is 9.56. The molecule has 6 heteroatoms. The third-order valence-electron chi connectivity index (χ3n) is 3.52. The van der Waals surface area contributed by atoms with E-state index in [-0.39, 0.29) is 23.7 Å². The Morgan fingerprint density at radius 3 is 2.80 bits per heavy atom. The van der Waals surface area contributed by atoms with E-state index in [9.17, 15) is 18.8 Å². The van der Waals surface area contributed by atoms with Crippen LogP contribution in [-0.2, 0) is 9.59 Å². The number of carbonyl (C=O) groups excluding carboxylic acids is 3. The molecule has 0 atom stereocenters. The van der Waals surface area contributed by atoms with E-state index in [1.807, 2.05) is 0 Å². The van der Waals surface area contributed by atoms with E-state index in [4.69, 9.17) is 0 Å². The Morgan fingerprint density at radius 2 is 2.10 bits per heavy atom. The van der Waals surface area contributed by atoms with E-state index in [1.54, 1.807) is 0 Å². The predicted molar refractivity (Wildman–Crippen MR) is 68.8 cm³/mol. The molecule has 2 aliphatic rings. The van der Waals surface area contributed by atoms with Gasteiger partial charge in [-0.25, -0.2) is 4.39 Å². The maximum atomic E-state index is 13.2. The van der Waals surface area contributed by atoms with Crippen LogP contribution < -0.4 is 10.2 Å². The number of carbonyl (C=O) groups is 3. The molecule has 0 aromatic heterocycles. The summed E-state index contributed by atoms with van der Waals surface area (Å²) in [5, 5.41) is 2.71. The number of hydrogen-bond donors (Lipinski definition) is 1. The van der Waals surface area contributed by atoms with Gasteiger partial charge in [0.1, 0.15) is 12.4 Å². The zero-order valence-corrected chi connectivity index (χ0v) is 10.7. The van der Waals surface area contributed by atoms with Gasteiger partial charge in [-0.1, -0.05) is 0 Å². The summed E-state index contributed by atoms with van der Waals surface area (Å²) in [6.45, 7) is 0.332. The Kier molecular flexibility index (Phi) is 3.00. The molecular formula is C14H13FN2O3. The minimum Gasteiger partial charge on any atom is -0.354 e. The molecule has 0 bridgehead atoms. The largest absolute Gasteiger partial charge is 0.354 e. The van der Waals surface area contributed by atoms with Crippen LogP contribution in [0.5, 0.6) is 0 Å². The van der Waals surface area contributed by atoms with Crippen molar-refractivity contribution >= 4 is 23.3 Å². The minimum atomic E-state index is -0.785. The minimum absolute atomic E-state index is 0.145. The van der Waals surface area contributed by atoms with Crippen molar-refractivity contribution in [1.29, 1.82) is 0 Å². The maximum absolute atomic E-state index is 13.2. The van der Waals surface area contributed by atoms with Crippen molar-refractivity contribution in [3.8, 4) is 0 Å². The summed E-state index contributed by atoms with van der Waals surface area (Å²) in [6, 6.07) is 3.50. The molecule has 1 fully saturated rings. The second-order valence-corrected chi connectivity index (χ2v) is 5.13. The second-order valence-electron chi connectivity index (χ2n) is 5.13. The highest BCUT2D eigenvalue weighted by molar-refractivity contribution is 6.52. The molecule has 1 saturated carbocycles. The lowest BCUT2D eigenvalue weighted by molar-refractivity contribution is -0.122. The fourth-order valence-electron chi connectivity index (χ4n) is 2.20. The van der Waals surface area contributed by atoms with E-state index < -0.39 is 17.5 Å². The molecule has 1 heterocycles. The molecule has 0 spiro atoms. The standard InChI is InChI=1S/C14H13FN2O3/c15-9-3-4-10-11(5-9)17(14(20)13(10)19)7-12(18)16-6-8-1-2-8/h3-5,8H,1-2,6-7H2,(H,16,18). The molecule has 1 aliphatic heterocycles. The maximum Gasteiger partial charge on any atom is 0.299 e. The summed E-state index contributed by atoms with van der Waals surface area (Å²) in [5.74, 6) is -1.84. The lowest BCUT2D eigenvalue weighted by Crippen LogP contribution is -2.40. The third kappa shape index (κ3) is 2.29. The highest BCUT2D eigenvalue weighted by Crippen LogP contribution is 2.30. The molecule has 104 valence electrons. The smallest absolute Gasteiger partial charge is 0.299 e. The van der Waals surface area contributed by atoms with E-state index in [0.717, 1.165) is 29.9 Å². The van der Waals surface area contributed by atoms with Crippen LogP contribution in [0.1, 0.15) is 23.2 Å². The monoisotopic (exact) mass is 276 g/mol. The van der Waals surface area contributed by atoms with Crippen LogP contribution in [-0.4, -0.2) is 30.7 Å². The SMILES string of the molecule is O=C(CN1C(=O)C(=O)c2ccc(F)cc21)NCC1CC1. The number of rotatable bonds is 4. The molecule has 20 heavy (non-hydrogen) atoms. The Morgan fingerprint density at radius 1 is 1.35 bits per heavy atom. The second kappa shape index (κ2) is 4.70. The van der Waals surface area contributed by atoms with Crippen molar-refractivity contribution in [2.24, 2.45) is 5.92 Å². The average Bonchev–Trinajstić information content (AvgIpc) is 3.21. The number of amides is 2. The van der Waals surface area contributed by atoms with Gasteiger partial charge in [-0.3, -0.25) is 19.3 Å². The molecule has 5 nitrogen and oxygen atoms in total. The van der Waals surface area contributed by atoms with Gasteiger partial charge in [0.25, 0.3) is 11.7 Å². The Balaban J connectivity index is 1.75. The van der Waals surface area contributed by atoms with Gasteiger partial charge in [0.15, 0.2) is 0 Å². The number of benzene rings is 1. The first kappa shape index (κ1) is 12.8. The predicted octanol–water partition coefficient (Wildman–Crippen LogP) is 0.881. The summed E-state index contributed by atoms with van der Waals surface area (Å²) in [6.07, 6.45) is 2.21. The number of nitrogens with one attached hydrogen (secondary N) is 1. The van der Waals surface area contributed by atoms with Crippen LogP contribution in [0, 0.1) is 11.7 Å². The average molecular weight is 276 g/mol. The number of anilines is 1. The topological polar surface area (TPSA) is 66.5 Å². The molecule has 0 radical (unpaired) electrons. The molecule has 1 aromatic rings. The molecule has 0 saturated heterocycles.